The van der Waals surface area contributed by atoms with E-state index in [9.17, 15) is 9.59 Å². The summed E-state index contributed by atoms with van der Waals surface area (Å²) >= 11 is 7.04. The van der Waals surface area contributed by atoms with Crippen molar-refractivity contribution in [1.29, 1.82) is 5.26 Å². The van der Waals surface area contributed by atoms with Crippen LogP contribution in [0.15, 0.2) is 27.8 Å². The molecule has 0 aromatic carbocycles. The molecule has 0 fully saturated rings. The molecule has 0 bridgehead atoms. The summed E-state index contributed by atoms with van der Waals surface area (Å²) in [5.41, 5.74) is -0.695. The van der Waals surface area contributed by atoms with Crippen LogP contribution >= 0.6 is 22.9 Å². The fourth-order valence-corrected chi connectivity index (χ4v) is 2.47. The summed E-state index contributed by atoms with van der Waals surface area (Å²) in [5, 5.41) is 8.67. The average molecular weight is 268 g/mol. The Bertz CT molecular complexity index is 707. The molecule has 0 saturated heterocycles. The first-order valence-electron chi connectivity index (χ1n) is 4.58. The molecule has 5 nitrogen and oxygen atoms in total. The van der Waals surface area contributed by atoms with E-state index in [0.717, 1.165) is 0 Å². The van der Waals surface area contributed by atoms with E-state index in [1.165, 1.54) is 22.0 Å². The van der Waals surface area contributed by atoms with Gasteiger partial charge in [0, 0.05) is 6.07 Å². The Morgan fingerprint density at radius 2 is 2.24 bits per heavy atom. The largest absolute Gasteiger partial charge is 0.329 e. The summed E-state index contributed by atoms with van der Waals surface area (Å²) in [5.74, 6) is 0. The maximum absolute atomic E-state index is 11.6. The molecule has 0 aliphatic rings. The van der Waals surface area contributed by atoms with Gasteiger partial charge in [-0.1, -0.05) is 11.6 Å². The Kier molecular flexibility index (Phi) is 3.13. The zero-order valence-electron chi connectivity index (χ0n) is 8.44. The van der Waals surface area contributed by atoms with Gasteiger partial charge in [0.05, 0.1) is 21.0 Å². The van der Waals surface area contributed by atoms with Gasteiger partial charge in [0.1, 0.15) is 6.54 Å². The summed E-state index contributed by atoms with van der Waals surface area (Å²) in [4.78, 5) is 25.6. The lowest BCUT2D eigenvalue weighted by Crippen LogP contribution is -2.30. The Balaban J connectivity index is 2.72. The molecule has 86 valence electrons. The normalized spacial score (nSPS) is 10.1. The summed E-state index contributed by atoms with van der Waals surface area (Å²) in [7, 11) is 0. The van der Waals surface area contributed by atoms with Crippen LogP contribution in [0.4, 0.5) is 0 Å². The molecule has 0 amide bonds. The highest BCUT2D eigenvalue weighted by Crippen LogP contribution is 2.29. The molecule has 0 spiro atoms. The number of thiophene rings is 1. The van der Waals surface area contributed by atoms with Crippen LogP contribution in [0.2, 0.25) is 4.34 Å². The van der Waals surface area contributed by atoms with Crippen LogP contribution in [0.3, 0.4) is 0 Å². The first-order valence-corrected chi connectivity index (χ1v) is 5.78. The molecular formula is C10H6ClN3O2S. The van der Waals surface area contributed by atoms with Crippen LogP contribution in [0.25, 0.3) is 10.6 Å². The molecule has 2 aromatic heterocycles. The quantitative estimate of drug-likeness (QED) is 0.894. The number of rotatable bonds is 2. The van der Waals surface area contributed by atoms with Gasteiger partial charge in [0.2, 0.25) is 0 Å². The third-order valence-corrected chi connectivity index (χ3v) is 3.34. The number of nitriles is 1. The van der Waals surface area contributed by atoms with E-state index in [1.54, 1.807) is 12.1 Å². The summed E-state index contributed by atoms with van der Waals surface area (Å²) in [6.45, 7) is -0.125. The number of H-pyrrole nitrogens is 1. The van der Waals surface area contributed by atoms with Gasteiger partial charge >= 0.3 is 5.69 Å². The number of aromatic nitrogens is 2. The van der Waals surface area contributed by atoms with Crippen molar-refractivity contribution in [1.82, 2.24) is 9.55 Å². The van der Waals surface area contributed by atoms with Gasteiger partial charge < -0.3 is 0 Å². The standard InChI is InChI=1S/C10H6ClN3O2S/c11-8-2-1-7(17-8)6-5-9(15)13-10(16)14(6)4-3-12/h1-2,5H,4H2,(H,13,15,16). The fourth-order valence-electron chi connectivity index (χ4n) is 1.40. The summed E-state index contributed by atoms with van der Waals surface area (Å²) in [6, 6.07) is 6.53. The molecule has 0 aliphatic carbocycles. The van der Waals surface area contributed by atoms with E-state index in [2.05, 4.69) is 4.98 Å². The maximum Gasteiger partial charge on any atom is 0.329 e. The predicted octanol–water partition coefficient (Wildman–Crippen LogP) is 1.44. The molecule has 2 rings (SSSR count). The van der Waals surface area contributed by atoms with Crippen LogP contribution < -0.4 is 11.2 Å². The fraction of sp³-hybridized carbons (Fsp3) is 0.100. The SMILES string of the molecule is N#CCn1c(-c2ccc(Cl)s2)cc(=O)[nH]c1=O. The Morgan fingerprint density at radius 3 is 2.82 bits per heavy atom. The monoisotopic (exact) mass is 267 g/mol. The van der Waals surface area contributed by atoms with Crippen LogP contribution in [0.1, 0.15) is 0 Å². The number of hydrogen-bond donors (Lipinski definition) is 1. The average Bonchev–Trinajstić information content (AvgIpc) is 2.68. The van der Waals surface area contributed by atoms with Crippen molar-refractivity contribution >= 4 is 22.9 Å². The first kappa shape index (κ1) is 11.6. The molecule has 17 heavy (non-hydrogen) atoms. The molecule has 0 atom stereocenters. The smallest absolute Gasteiger partial charge is 0.279 e. The molecule has 2 heterocycles. The number of hydrogen-bond acceptors (Lipinski definition) is 4. The van der Waals surface area contributed by atoms with Crippen LogP contribution in [-0.2, 0) is 6.54 Å². The topological polar surface area (TPSA) is 78.7 Å². The van der Waals surface area contributed by atoms with E-state index >= 15 is 0 Å². The third-order valence-electron chi connectivity index (χ3n) is 2.09. The maximum atomic E-state index is 11.6. The number of halogens is 1. The Morgan fingerprint density at radius 1 is 1.47 bits per heavy atom. The molecule has 0 aliphatic heterocycles. The second-order valence-corrected chi connectivity index (χ2v) is 4.89. The molecule has 2 aromatic rings. The van der Waals surface area contributed by atoms with Gasteiger partial charge in [-0.2, -0.15) is 5.26 Å². The van der Waals surface area contributed by atoms with E-state index in [0.29, 0.717) is 14.9 Å². The van der Waals surface area contributed by atoms with Crippen molar-refractivity contribution in [2.45, 2.75) is 6.54 Å². The van der Waals surface area contributed by atoms with Gasteiger partial charge in [-0.3, -0.25) is 14.3 Å². The lowest BCUT2D eigenvalue weighted by Gasteiger charge is -2.05. The second-order valence-electron chi connectivity index (χ2n) is 3.17. The van der Waals surface area contributed by atoms with Crippen molar-refractivity contribution in [3.8, 4) is 16.6 Å². The highest BCUT2D eigenvalue weighted by molar-refractivity contribution is 7.19. The lowest BCUT2D eigenvalue weighted by atomic mass is 10.3. The number of nitrogens with zero attached hydrogens (tertiary/aromatic N) is 2. The third kappa shape index (κ3) is 2.30. The molecule has 0 radical (unpaired) electrons. The van der Waals surface area contributed by atoms with E-state index < -0.39 is 11.2 Å². The predicted molar refractivity (Wildman–Crippen MR) is 65.3 cm³/mol. The van der Waals surface area contributed by atoms with Crippen molar-refractivity contribution in [3.05, 3.63) is 43.4 Å². The summed E-state index contributed by atoms with van der Waals surface area (Å²) in [6.07, 6.45) is 0. The van der Waals surface area contributed by atoms with E-state index in [1.807, 2.05) is 6.07 Å². The summed E-state index contributed by atoms with van der Waals surface area (Å²) < 4.78 is 1.75. The molecule has 0 saturated carbocycles. The Hall–Kier alpha value is -1.84. The van der Waals surface area contributed by atoms with Crippen molar-refractivity contribution in [3.63, 3.8) is 0 Å². The van der Waals surface area contributed by atoms with Crippen LogP contribution in [-0.4, -0.2) is 9.55 Å². The van der Waals surface area contributed by atoms with Crippen LogP contribution in [0.5, 0.6) is 0 Å². The minimum atomic E-state index is -0.599. The highest BCUT2D eigenvalue weighted by atomic mass is 35.5. The van der Waals surface area contributed by atoms with Crippen molar-refractivity contribution < 1.29 is 0 Å². The van der Waals surface area contributed by atoms with Gasteiger partial charge in [-0.15, -0.1) is 11.3 Å². The minimum Gasteiger partial charge on any atom is -0.279 e. The lowest BCUT2D eigenvalue weighted by molar-refractivity contribution is 0.754. The second kappa shape index (κ2) is 4.57. The van der Waals surface area contributed by atoms with Gasteiger partial charge in [-0.25, -0.2) is 4.79 Å². The zero-order valence-corrected chi connectivity index (χ0v) is 10.0. The molecular weight excluding hydrogens is 262 g/mol. The van der Waals surface area contributed by atoms with E-state index in [-0.39, 0.29) is 6.54 Å². The first-order chi connectivity index (χ1) is 8.11. The number of nitrogens with one attached hydrogen (secondary N) is 1. The zero-order chi connectivity index (χ0) is 12.4. The molecule has 1 N–H and O–H groups in total. The molecule has 0 unspecified atom stereocenters. The highest BCUT2D eigenvalue weighted by Gasteiger charge is 2.10. The van der Waals surface area contributed by atoms with Gasteiger partial charge in [0.25, 0.3) is 5.56 Å². The van der Waals surface area contributed by atoms with Crippen molar-refractivity contribution in [2.75, 3.05) is 0 Å². The minimum absolute atomic E-state index is 0.125. The molecule has 7 heteroatoms. The van der Waals surface area contributed by atoms with Crippen LogP contribution in [0, 0.1) is 11.3 Å². The van der Waals surface area contributed by atoms with Gasteiger partial charge in [-0.05, 0) is 12.1 Å². The Labute approximate surface area is 105 Å². The number of aromatic amines is 1. The van der Waals surface area contributed by atoms with Gasteiger partial charge in [0.15, 0.2) is 0 Å². The van der Waals surface area contributed by atoms with Crippen molar-refractivity contribution in [2.24, 2.45) is 0 Å². The van der Waals surface area contributed by atoms with E-state index in [4.69, 9.17) is 16.9 Å².